The summed E-state index contributed by atoms with van der Waals surface area (Å²) in [6.07, 6.45) is 3.06. The third-order valence-electron chi connectivity index (χ3n) is 2.63. The van der Waals surface area contributed by atoms with Gasteiger partial charge < -0.3 is 0 Å². The Morgan fingerprint density at radius 2 is 2.41 bits per heavy atom. The minimum absolute atomic E-state index is 0.0205. The Morgan fingerprint density at radius 1 is 1.59 bits per heavy atom. The van der Waals surface area contributed by atoms with Gasteiger partial charge in [-0.2, -0.15) is 5.10 Å². The first-order chi connectivity index (χ1) is 8.26. The zero-order valence-corrected chi connectivity index (χ0v) is 10.6. The van der Waals surface area contributed by atoms with Crippen LogP contribution in [0.2, 0.25) is 0 Å². The minimum atomic E-state index is -0.0205. The molecule has 0 fully saturated rings. The fourth-order valence-electron chi connectivity index (χ4n) is 1.64. The van der Waals surface area contributed by atoms with Gasteiger partial charge in [0.1, 0.15) is 12.2 Å². The maximum Gasteiger partial charge on any atom is 0.138 e. The van der Waals surface area contributed by atoms with Gasteiger partial charge in [0, 0.05) is 13.5 Å². The highest BCUT2D eigenvalue weighted by Crippen LogP contribution is 2.22. The summed E-state index contributed by atoms with van der Waals surface area (Å²) in [6, 6.07) is -0.0205. The highest BCUT2D eigenvalue weighted by Gasteiger charge is 2.19. The number of nitrogens with one attached hydrogen (secondary N) is 1. The van der Waals surface area contributed by atoms with Crippen molar-refractivity contribution in [1.82, 2.24) is 29.8 Å². The highest BCUT2D eigenvalue weighted by molar-refractivity contribution is 7.05. The van der Waals surface area contributed by atoms with E-state index in [4.69, 9.17) is 5.84 Å². The predicted octanol–water partition coefficient (Wildman–Crippen LogP) is -0.0239. The van der Waals surface area contributed by atoms with Crippen molar-refractivity contribution in [2.45, 2.75) is 25.8 Å². The first-order valence-corrected chi connectivity index (χ1v) is 6.13. The lowest BCUT2D eigenvalue weighted by molar-refractivity contribution is 0.526. The van der Waals surface area contributed by atoms with Crippen molar-refractivity contribution < 1.29 is 0 Å². The second-order valence-corrected chi connectivity index (χ2v) is 4.45. The lowest BCUT2D eigenvalue weighted by Crippen LogP contribution is -2.30. The van der Waals surface area contributed by atoms with E-state index in [0.717, 1.165) is 22.8 Å². The maximum atomic E-state index is 5.60. The van der Waals surface area contributed by atoms with E-state index < -0.39 is 0 Å². The van der Waals surface area contributed by atoms with E-state index in [1.54, 1.807) is 4.68 Å². The fraction of sp³-hybridized carbons (Fsp3) is 0.556. The molecule has 17 heavy (non-hydrogen) atoms. The molecule has 3 N–H and O–H groups in total. The summed E-state index contributed by atoms with van der Waals surface area (Å²) < 4.78 is 5.71. The monoisotopic (exact) mass is 253 g/mol. The van der Waals surface area contributed by atoms with Crippen molar-refractivity contribution in [3.05, 3.63) is 22.7 Å². The van der Waals surface area contributed by atoms with Crippen LogP contribution in [0.25, 0.3) is 0 Å². The number of aryl methyl sites for hydroxylation is 2. The number of nitrogens with zero attached hydrogens (tertiary/aromatic N) is 5. The second-order valence-electron chi connectivity index (χ2n) is 3.66. The first kappa shape index (κ1) is 12.1. The molecule has 1 atom stereocenters. The van der Waals surface area contributed by atoms with Crippen LogP contribution in [0, 0.1) is 0 Å². The van der Waals surface area contributed by atoms with E-state index >= 15 is 0 Å². The normalized spacial score (nSPS) is 12.9. The Balaban J connectivity index is 2.20. The quantitative estimate of drug-likeness (QED) is 0.574. The molecule has 0 radical (unpaired) electrons. The smallest absolute Gasteiger partial charge is 0.138 e. The van der Waals surface area contributed by atoms with E-state index in [-0.39, 0.29) is 6.04 Å². The van der Waals surface area contributed by atoms with Crippen molar-refractivity contribution in [2.75, 3.05) is 0 Å². The molecule has 0 amide bonds. The van der Waals surface area contributed by atoms with Gasteiger partial charge in [0.05, 0.1) is 16.6 Å². The van der Waals surface area contributed by atoms with Gasteiger partial charge in [0.25, 0.3) is 0 Å². The highest BCUT2D eigenvalue weighted by atomic mass is 32.1. The number of rotatable bonds is 5. The van der Waals surface area contributed by atoms with Gasteiger partial charge >= 0.3 is 0 Å². The van der Waals surface area contributed by atoms with Crippen molar-refractivity contribution in [3.63, 3.8) is 0 Å². The zero-order chi connectivity index (χ0) is 12.3. The molecule has 2 aromatic heterocycles. The van der Waals surface area contributed by atoms with Gasteiger partial charge in [0.15, 0.2) is 0 Å². The fourth-order valence-corrected chi connectivity index (χ4v) is 2.44. The average Bonchev–Trinajstić information content (AvgIpc) is 2.95. The van der Waals surface area contributed by atoms with Gasteiger partial charge in [-0.05, 0) is 18.0 Å². The van der Waals surface area contributed by atoms with Crippen LogP contribution in [0.4, 0.5) is 0 Å². The molecule has 0 spiro atoms. The molecule has 92 valence electrons. The van der Waals surface area contributed by atoms with Crippen LogP contribution in [0.5, 0.6) is 0 Å². The molecule has 0 saturated heterocycles. The van der Waals surface area contributed by atoms with Gasteiger partial charge in [0.2, 0.25) is 0 Å². The molecule has 8 heteroatoms. The molecule has 2 aromatic rings. The van der Waals surface area contributed by atoms with Crippen molar-refractivity contribution >= 4 is 11.5 Å². The summed E-state index contributed by atoms with van der Waals surface area (Å²) in [5.74, 6) is 6.48. The van der Waals surface area contributed by atoms with Crippen LogP contribution in [-0.4, -0.2) is 24.4 Å². The Morgan fingerprint density at radius 3 is 3.00 bits per heavy atom. The van der Waals surface area contributed by atoms with Crippen LogP contribution < -0.4 is 11.3 Å². The largest absolute Gasteiger partial charge is 0.271 e. The lowest BCUT2D eigenvalue weighted by Gasteiger charge is -2.13. The summed E-state index contributed by atoms with van der Waals surface area (Å²) in [6.45, 7) is 2.05. The average molecular weight is 253 g/mol. The third-order valence-corrected chi connectivity index (χ3v) is 3.51. The van der Waals surface area contributed by atoms with Gasteiger partial charge in [-0.3, -0.25) is 16.0 Å². The Labute approximate surface area is 103 Å². The lowest BCUT2D eigenvalue weighted by atomic mass is 10.1. The Bertz CT molecular complexity index is 477. The SMILES string of the molecule is CCc1nnsc1C(Cc1ncnn1C)NN. The number of nitrogens with two attached hydrogens (primary N) is 1. The van der Waals surface area contributed by atoms with Crippen LogP contribution in [-0.2, 0) is 19.9 Å². The molecule has 7 nitrogen and oxygen atoms in total. The summed E-state index contributed by atoms with van der Waals surface area (Å²) in [5.41, 5.74) is 3.78. The number of hydrogen-bond donors (Lipinski definition) is 2. The molecule has 0 aliphatic heterocycles. The molecular weight excluding hydrogens is 238 g/mol. The molecule has 0 aliphatic rings. The van der Waals surface area contributed by atoms with E-state index in [2.05, 4.69) is 32.0 Å². The molecule has 2 rings (SSSR count). The van der Waals surface area contributed by atoms with E-state index in [0.29, 0.717) is 6.42 Å². The van der Waals surface area contributed by atoms with Gasteiger partial charge in [-0.15, -0.1) is 5.10 Å². The molecular formula is C9H15N7S. The number of hydrogen-bond acceptors (Lipinski definition) is 7. The molecule has 0 aliphatic carbocycles. The van der Waals surface area contributed by atoms with Crippen LogP contribution in [0.15, 0.2) is 6.33 Å². The standard InChI is InChI=1S/C9H15N7S/c1-3-6-9(17-15-14-6)7(13-10)4-8-11-5-12-16(8)2/h5,7,13H,3-4,10H2,1-2H3. The summed E-state index contributed by atoms with van der Waals surface area (Å²) in [5, 5.41) is 8.12. The predicted molar refractivity (Wildman–Crippen MR) is 64.1 cm³/mol. The van der Waals surface area contributed by atoms with E-state index in [9.17, 15) is 0 Å². The van der Waals surface area contributed by atoms with Crippen LogP contribution in [0.3, 0.4) is 0 Å². The van der Waals surface area contributed by atoms with Gasteiger partial charge in [-0.25, -0.2) is 4.98 Å². The molecule has 0 saturated carbocycles. The van der Waals surface area contributed by atoms with Crippen molar-refractivity contribution in [1.29, 1.82) is 0 Å². The third kappa shape index (κ3) is 2.48. The Kier molecular flexibility index (Phi) is 3.77. The molecule has 0 bridgehead atoms. The van der Waals surface area contributed by atoms with Crippen LogP contribution >= 0.6 is 11.5 Å². The summed E-state index contributed by atoms with van der Waals surface area (Å²) in [4.78, 5) is 5.26. The molecule has 0 aromatic carbocycles. The Hall–Kier alpha value is -1.38. The van der Waals surface area contributed by atoms with Crippen molar-refractivity contribution in [3.8, 4) is 0 Å². The van der Waals surface area contributed by atoms with Crippen molar-refractivity contribution in [2.24, 2.45) is 12.9 Å². The first-order valence-electron chi connectivity index (χ1n) is 5.36. The van der Waals surface area contributed by atoms with Gasteiger partial charge in [-0.1, -0.05) is 11.4 Å². The van der Waals surface area contributed by atoms with E-state index in [1.165, 1.54) is 17.9 Å². The topological polar surface area (TPSA) is 94.5 Å². The minimum Gasteiger partial charge on any atom is -0.271 e. The molecule has 1 unspecified atom stereocenters. The summed E-state index contributed by atoms with van der Waals surface area (Å²) >= 11 is 1.37. The van der Waals surface area contributed by atoms with Crippen LogP contribution in [0.1, 0.15) is 29.4 Å². The second kappa shape index (κ2) is 5.30. The maximum absolute atomic E-state index is 5.60. The van der Waals surface area contributed by atoms with E-state index in [1.807, 2.05) is 7.05 Å². The molecule has 2 heterocycles. The zero-order valence-electron chi connectivity index (χ0n) is 9.79. The number of hydrazine groups is 1. The summed E-state index contributed by atoms with van der Waals surface area (Å²) in [7, 11) is 1.86. The number of aromatic nitrogens is 5.